The van der Waals surface area contributed by atoms with E-state index in [1.54, 1.807) is 6.07 Å². The van der Waals surface area contributed by atoms with Crippen molar-refractivity contribution < 1.29 is 14.6 Å². The minimum Gasteiger partial charge on any atom is -0.506 e. The van der Waals surface area contributed by atoms with Gasteiger partial charge in [0.25, 0.3) is 5.91 Å². The maximum absolute atomic E-state index is 11.5. The minimum absolute atomic E-state index is 0.0284. The lowest BCUT2D eigenvalue weighted by atomic mass is 10.1. The van der Waals surface area contributed by atoms with E-state index in [1.165, 1.54) is 13.2 Å². The highest BCUT2D eigenvalue weighted by Crippen LogP contribution is 2.43. The van der Waals surface area contributed by atoms with Crippen molar-refractivity contribution in [2.24, 2.45) is 0 Å². The van der Waals surface area contributed by atoms with E-state index in [0.29, 0.717) is 25.2 Å². The van der Waals surface area contributed by atoms with Crippen LogP contribution in [0, 0.1) is 5.41 Å². The Bertz CT molecular complexity index is 616. The Morgan fingerprint density at radius 3 is 2.74 bits per heavy atom. The molecule has 3 N–H and O–H groups in total. The molecule has 0 atom stereocenters. The van der Waals surface area contributed by atoms with Gasteiger partial charge in [-0.25, -0.2) is 0 Å². The number of rotatable bonds is 2. The van der Waals surface area contributed by atoms with Gasteiger partial charge in [-0.1, -0.05) is 0 Å². The van der Waals surface area contributed by atoms with Crippen LogP contribution in [-0.2, 0) is 4.79 Å². The first-order valence-electron chi connectivity index (χ1n) is 4.98. The predicted molar refractivity (Wildman–Crippen MR) is 81.5 cm³/mol. The van der Waals surface area contributed by atoms with Crippen molar-refractivity contribution in [3.05, 3.63) is 25.5 Å². The van der Waals surface area contributed by atoms with E-state index in [0.717, 1.165) is 11.8 Å². The summed E-state index contributed by atoms with van der Waals surface area (Å²) in [6, 6.07) is 1.64. The first kappa shape index (κ1) is 14.4. The zero-order chi connectivity index (χ0) is 14.2. The highest BCUT2D eigenvalue weighted by Gasteiger charge is 2.23. The van der Waals surface area contributed by atoms with Crippen LogP contribution in [0.3, 0.4) is 0 Å². The number of methoxy groups -OCH3 is 1. The molecule has 1 amide bonds. The fourth-order valence-electron chi connectivity index (χ4n) is 1.49. The SMILES string of the molecule is COc1c(Br)cc(/C=C2\SC(=N)NC2=O)c(O)c1Br. The molecule has 1 heterocycles. The Morgan fingerprint density at radius 2 is 2.21 bits per heavy atom. The highest BCUT2D eigenvalue weighted by molar-refractivity contribution is 9.11. The van der Waals surface area contributed by atoms with E-state index in [2.05, 4.69) is 37.2 Å². The van der Waals surface area contributed by atoms with Gasteiger partial charge in [0.2, 0.25) is 0 Å². The van der Waals surface area contributed by atoms with Crippen LogP contribution in [0.25, 0.3) is 6.08 Å². The summed E-state index contributed by atoms with van der Waals surface area (Å²) in [4.78, 5) is 11.9. The van der Waals surface area contributed by atoms with E-state index < -0.39 is 0 Å². The zero-order valence-corrected chi connectivity index (χ0v) is 13.6. The van der Waals surface area contributed by atoms with Gasteiger partial charge in [-0.3, -0.25) is 10.2 Å². The lowest BCUT2D eigenvalue weighted by Gasteiger charge is -2.10. The van der Waals surface area contributed by atoms with Crippen LogP contribution in [0.1, 0.15) is 5.56 Å². The quantitative estimate of drug-likeness (QED) is 0.658. The zero-order valence-electron chi connectivity index (χ0n) is 9.58. The van der Waals surface area contributed by atoms with Crippen LogP contribution < -0.4 is 10.1 Å². The molecular formula is C11H8Br2N2O3S. The van der Waals surface area contributed by atoms with Crippen molar-refractivity contribution in [3.63, 3.8) is 0 Å². The van der Waals surface area contributed by atoms with Gasteiger partial charge in [0, 0.05) is 5.56 Å². The number of phenols is 1. The fourth-order valence-corrected chi connectivity index (χ4v) is 3.66. The van der Waals surface area contributed by atoms with Gasteiger partial charge in [-0.05, 0) is 55.8 Å². The summed E-state index contributed by atoms with van der Waals surface area (Å²) >= 11 is 7.57. The Morgan fingerprint density at radius 1 is 1.53 bits per heavy atom. The number of carbonyl (C=O) groups excluding carboxylic acids is 1. The molecule has 0 bridgehead atoms. The number of carbonyl (C=O) groups is 1. The van der Waals surface area contributed by atoms with Gasteiger partial charge < -0.3 is 15.2 Å². The number of ether oxygens (including phenoxy) is 1. The molecular weight excluding hydrogens is 400 g/mol. The van der Waals surface area contributed by atoms with Crippen LogP contribution in [-0.4, -0.2) is 23.3 Å². The van der Waals surface area contributed by atoms with Gasteiger partial charge in [0.15, 0.2) is 10.9 Å². The summed E-state index contributed by atoms with van der Waals surface area (Å²) in [7, 11) is 1.49. The number of hydrogen-bond acceptors (Lipinski definition) is 5. The average Bonchev–Trinajstić information content (AvgIpc) is 2.65. The van der Waals surface area contributed by atoms with E-state index in [1.807, 2.05) is 0 Å². The predicted octanol–water partition coefficient (Wildman–Crippen LogP) is 3.06. The molecule has 8 heteroatoms. The molecule has 0 saturated carbocycles. The van der Waals surface area contributed by atoms with E-state index in [9.17, 15) is 9.90 Å². The molecule has 19 heavy (non-hydrogen) atoms. The van der Waals surface area contributed by atoms with Gasteiger partial charge in [0.05, 0.1) is 16.5 Å². The lowest BCUT2D eigenvalue weighted by Crippen LogP contribution is -2.18. The first-order chi connectivity index (χ1) is 8.93. The number of phenolic OH excluding ortho intramolecular Hbond substituents is 1. The fraction of sp³-hybridized carbons (Fsp3) is 0.0909. The second-order valence-electron chi connectivity index (χ2n) is 3.54. The molecule has 1 saturated heterocycles. The van der Waals surface area contributed by atoms with Crippen LogP contribution in [0.4, 0.5) is 0 Å². The van der Waals surface area contributed by atoms with Gasteiger partial charge in [0.1, 0.15) is 10.2 Å². The normalized spacial score (nSPS) is 16.9. The smallest absolute Gasteiger partial charge is 0.264 e. The van der Waals surface area contributed by atoms with Crippen molar-refractivity contribution in [3.8, 4) is 11.5 Å². The van der Waals surface area contributed by atoms with E-state index in [4.69, 9.17) is 10.1 Å². The minimum atomic E-state index is -0.350. The summed E-state index contributed by atoms with van der Waals surface area (Å²) in [6.45, 7) is 0. The summed E-state index contributed by atoms with van der Waals surface area (Å²) in [5, 5.41) is 19.9. The maximum Gasteiger partial charge on any atom is 0.264 e. The molecule has 1 aromatic carbocycles. The second-order valence-corrected chi connectivity index (χ2v) is 6.24. The topological polar surface area (TPSA) is 82.4 Å². The standard InChI is InChI=1S/C11H8Br2N2O3S/c1-18-9-5(12)2-4(8(16)7(9)13)3-6-10(17)15-11(14)19-6/h2-3,16H,1H3,(H2,14,15,17)/b6-3-. The third kappa shape index (κ3) is 2.80. The van der Waals surface area contributed by atoms with Crippen molar-refractivity contribution in [2.75, 3.05) is 7.11 Å². The number of amides is 1. The molecule has 1 aromatic rings. The molecule has 0 unspecified atom stereocenters. The molecule has 2 rings (SSSR count). The average molecular weight is 408 g/mol. The molecule has 100 valence electrons. The van der Waals surface area contributed by atoms with Gasteiger partial charge in [-0.2, -0.15) is 0 Å². The molecule has 1 aliphatic heterocycles. The lowest BCUT2D eigenvalue weighted by molar-refractivity contribution is -0.115. The van der Waals surface area contributed by atoms with Crippen molar-refractivity contribution in [1.82, 2.24) is 5.32 Å². The second kappa shape index (κ2) is 5.56. The Kier molecular flexibility index (Phi) is 4.22. The molecule has 0 aromatic heterocycles. The summed E-state index contributed by atoms with van der Waals surface area (Å²) in [5.74, 6) is 0.0905. The monoisotopic (exact) mass is 406 g/mol. The summed E-state index contributed by atoms with van der Waals surface area (Å²) in [5.41, 5.74) is 0.451. The summed E-state index contributed by atoms with van der Waals surface area (Å²) in [6.07, 6.45) is 1.52. The van der Waals surface area contributed by atoms with E-state index in [-0.39, 0.29) is 16.8 Å². The number of halogens is 2. The summed E-state index contributed by atoms with van der Waals surface area (Å²) < 4.78 is 6.17. The maximum atomic E-state index is 11.5. The van der Waals surface area contributed by atoms with Crippen molar-refractivity contribution in [2.45, 2.75) is 0 Å². The number of aromatic hydroxyl groups is 1. The molecule has 0 radical (unpaired) electrons. The van der Waals surface area contributed by atoms with Crippen LogP contribution >= 0.6 is 43.6 Å². The highest BCUT2D eigenvalue weighted by atomic mass is 79.9. The number of thioether (sulfide) groups is 1. The van der Waals surface area contributed by atoms with Crippen LogP contribution in [0.2, 0.25) is 0 Å². The van der Waals surface area contributed by atoms with E-state index >= 15 is 0 Å². The molecule has 1 aliphatic rings. The van der Waals surface area contributed by atoms with Crippen LogP contribution in [0.15, 0.2) is 19.9 Å². The van der Waals surface area contributed by atoms with Crippen LogP contribution in [0.5, 0.6) is 11.5 Å². The Labute approximate surface area is 130 Å². The number of hydrogen-bond donors (Lipinski definition) is 3. The Hall–Kier alpha value is -0.990. The molecule has 0 spiro atoms. The van der Waals surface area contributed by atoms with Crippen molar-refractivity contribution in [1.29, 1.82) is 5.41 Å². The number of benzene rings is 1. The third-order valence-electron chi connectivity index (χ3n) is 2.33. The molecule has 1 fully saturated rings. The third-order valence-corrected chi connectivity index (χ3v) is 4.49. The number of amidine groups is 1. The molecule has 5 nitrogen and oxygen atoms in total. The Balaban J connectivity index is 2.50. The van der Waals surface area contributed by atoms with Crippen molar-refractivity contribution >= 4 is 60.8 Å². The largest absolute Gasteiger partial charge is 0.506 e. The number of nitrogens with one attached hydrogen (secondary N) is 2. The van der Waals surface area contributed by atoms with Gasteiger partial charge in [-0.15, -0.1) is 0 Å². The van der Waals surface area contributed by atoms with Gasteiger partial charge >= 0.3 is 0 Å². The first-order valence-corrected chi connectivity index (χ1v) is 7.38. The molecule has 0 aliphatic carbocycles.